The molecule has 0 spiro atoms. The molecule has 1 fully saturated rings. The molecular weight excluding hydrogens is 212 g/mol. The lowest BCUT2D eigenvalue weighted by Crippen LogP contribution is -2.45. The van der Waals surface area contributed by atoms with Crippen LogP contribution in [-0.4, -0.2) is 25.0 Å². The third-order valence-corrected chi connectivity index (χ3v) is 3.40. The van der Waals surface area contributed by atoms with Gasteiger partial charge in [-0.2, -0.15) is 0 Å². The third kappa shape index (κ3) is 3.07. The van der Waals surface area contributed by atoms with Crippen LogP contribution >= 0.6 is 0 Å². The fourth-order valence-corrected chi connectivity index (χ4v) is 2.13. The summed E-state index contributed by atoms with van der Waals surface area (Å²) in [4.78, 5) is 12.0. The van der Waals surface area contributed by atoms with Gasteiger partial charge in [0.05, 0.1) is 0 Å². The summed E-state index contributed by atoms with van der Waals surface area (Å²) >= 11 is 0. The van der Waals surface area contributed by atoms with Gasteiger partial charge in [0.2, 0.25) is 0 Å². The third-order valence-electron chi connectivity index (χ3n) is 3.40. The molecule has 2 N–H and O–H groups in total. The van der Waals surface area contributed by atoms with Crippen molar-refractivity contribution in [3.05, 3.63) is 34.9 Å². The minimum Gasteiger partial charge on any atom is -0.348 e. The van der Waals surface area contributed by atoms with E-state index in [4.69, 9.17) is 0 Å². The highest BCUT2D eigenvalue weighted by Gasteiger charge is 2.16. The van der Waals surface area contributed by atoms with Crippen molar-refractivity contribution in [1.29, 1.82) is 0 Å². The van der Waals surface area contributed by atoms with E-state index in [2.05, 4.69) is 17.6 Å². The fraction of sp³-hybridized carbons (Fsp3) is 0.500. The Kier molecular flexibility index (Phi) is 3.79. The lowest BCUT2D eigenvalue weighted by molar-refractivity contribution is 0.0930. The van der Waals surface area contributed by atoms with Gasteiger partial charge >= 0.3 is 0 Å². The van der Waals surface area contributed by atoms with Crippen molar-refractivity contribution in [2.24, 2.45) is 0 Å². The van der Waals surface area contributed by atoms with Gasteiger partial charge < -0.3 is 10.6 Å². The Balaban J connectivity index is 2.01. The summed E-state index contributed by atoms with van der Waals surface area (Å²) in [7, 11) is 0. The summed E-state index contributed by atoms with van der Waals surface area (Å²) in [6, 6.07) is 6.14. The van der Waals surface area contributed by atoms with E-state index in [1.165, 1.54) is 11.1 Å². The monoisotopic (exact) mass is 232 g/mol. The average Bonchev–Trinajstić information content (AvgIpc) is 2.34. The first-order valence-corrected chi connectivity index (χ1v) is 6.25. The molecule has 1 amide bonds. The predicted molar refractivity (Wildman–Crippen MR) is 69.3 cm³/mol. The van der Waals surface area contributed by atoms with Gasteiger partial charge in [-0.05, 0) is 56.5 Å². The summed E-state index contributed by atoms with van der Waals surface area (Å²) < 4.78 is 0. The highest BCUT2D eigenvalue weighted by Crippen LogP contribution is 2.10. The maximum absolute atomic E-state index is 12.0. The van der Waals surface area contributed by atoms with Crippen LogP contribution in [0.5, 0.6) is 0 Å². The number of amides is 1. The second-order valence-electron chi connectivity index (χ2n) is 4.82. The lowest BCUT2D eigenvalue weighted by Gasteiger charge is -2.23. The fourth-order valence-electron chi connectivity index (χ4n) is 2.13. The van der Waals surface area contributed by atoms with E-state index in [0.717, 1.165) is 31.5 Å². The van der Waals surface area contributed by atoms with Crippen LogP contribution < -0.4 is 10.6 Å². The smallest absolute Gasteiger partial charge is 0.251 e. The van der Waals surface area contributed by atoms with E-state index in [1.54, 1.807) is 0 Å². The highest BCUT2D eigenvalue weighted by atomic mass is 16.1. The lowest BCUT2D eigenvalue weighted by atomic mass is 10.0. The van der Waals surface area contributed by atoms with E-state index in [-0.39, 0.29) is 11.9 Å². The highest BCUT2D eigenvalue weighted by molar-refractivity contribution is 5.94. The molecule has 92 valence electrons. The van der Waals surface area contributed by atoms with Crippen LogP contribution in [0, 0.1) is 13.8 Å². The van der Waals surface area contributed by atoms with Crippen molar-refractivity contribution in [3.63, 3.8) is 0 Å². The number of nitrogens with one attached hydrogen (secondary N) is 2. The zero-order chi connectivity index (χ0) is 12.3. The van der Waals surface area contributed by atoms with Crippen LogP contribution in [0.25, 0.3) is 0 Å². The SMILES string of the molecule is Cc1ccc(C(=O)N[C@@H]2CCCNC2)cc1C. The number of rotatable bonds is 2. The van der Waals surface area contributed by atoms with E-state index in [9.17, 15) is 4.79 Å². The Morgan fingerprint density at radius 1 is 1.35 bits per heavy atom. The molecule has 1 heterocycles. The first-order chi connectivity index (χ1) is 8.16. The van der Waals surface area contributed by atoms with Crippen LogP contribution in [0.2, 0.25) is 0 Å². The zero-order valence-corrected chi connectivity index (χ0v) is 10.5. The predicted octanol–water partition coefficient (Wildman–Crippen LogP) is 1.79. The second kappa shape index (κ2) is 5.32. The zero-order valence-electron chi connectivity index (χ0n) is 10.5. The number of hydrogen-bond donors (Lipinski definition) is 2. The molecule has 1 aliphatic heterocycles. The van der Waals surface area contributed by atoms with Crippen LogP contribution in [0.4, 0.5) is 0 Å². The van der Waals surface area contributed by atoms with Gasteiger partial charge in [-0.3, -0.25) is 4.79 Å². The molecule has 1 atom stereocenters. The Bertz CT molecular complexity index is 409. The van der Waals surface area contributed by atoms with Crippen LogP contribution in [0.3, 0.4) is 0 Å². The molecule has 1 aromatic rings. The Morgan fingerprint density at radius 3 is 2.82 bits per heavy atom. The molecule has 0 saturated carbocycles. The Morgan fingerprint density at radius 2 is 2.18 bits per heavy atom. The normalized spacial score (nSPS) is 20.0. The maximum atomic E-state index is 12.0. The van der Waals surface area contributed by atoms with Crippen LogP contribution in [-0.2, 0) is 0 Å². The van der Waals surface area contributed by atoms with E-state index in [1.807, 2.05) is 25.1 Å². The number of carbonyl (C=O) groups is 1. The standard InChI is InChI=1S/C14H20N2O/c1-10-5-6-12(8-11(10)2)14(17)16-13-4-3-7-15-9-13/h5-6,8,13,15H,3-4,7,9H2,1-2H3,(H,16,17)/t13-/m1/s1. The van der Waals surface area contributed by atoms with Crippen LogP contribution in [0.15, 0.2) is 18.2 Å². The van der Waals surface area contributed by atoms with Crippen molar-refractivity contribution in [3.8, 4) is 0 Å². The number of carbonyl (C=O) groups excluding carboxylic acids is 1. The molecule has 0 aliphatic carbocycles. The first-order valence-electron chi connectivity index (χ1n) is 6.25. The first kappa shape index (κ1) is 12.1. The molecule has 0 unspecified atom stereocenters. The molecule has 1 aromatic carbocycles. The minimum atomic E-state index is 0.0433. The Labute approximate surface area is 103 Å². The minimum absolute atomic E-state index is 0.0433. The molecule has 1 saturated heterocycles. The molecule has 0 aromatic heterocycles. The van der Waals surface area contributed by atoms with Crippen molar-refractivity contribution in [2.75, 3.05) is 13.1 Å². The molecule has 3 heteroatoms. The number of benzene rings is 1. The summed E-state index contributed by atoms with van der Waals surface area (Å²) in [6.07, 6.45) is 2.21. The number of hydrogen-bond acceptors (Lipinski definition) is 2. The summed E-state index contributed by atoms with van der Waals surface area (Å²) in [5.41, 5.74) is 3.15. The van der Waals surface area contributed by atoms with Gasteiger partial charge in [0.1, 0.15) is 0 Å². The molecule has 2 rings (SSSR count). The maximum Gasteiger partial charge on any atom is 0.251 e. The van der Waals surface area contributed by atoms with E-state index >= 15 is 0 Å². The van der Waals surface area contributed by atoms with Crippen molar-refractivity contribution in [1.82, 2.24) is 10.6 Å². The van der Waals surface area contributed by atoms with E-state index in [0.29, 0.717) is 0 Å². The molecule has 3 nitrogen and oxygen atoms in total. The molecular formula is C14H20N2O. The van der Waals surface area contributed by atoms with Crippen LogP contribution in [0.1, 0.15) is 34.3 Å². The topological polar surface area (TPSA) is 41.1 Å². The second-order valence-corrected chi connectivity index (χ2v) is 4.82. The van der Waals surface area contributed by atoms with Crippen molar-refractivity contribution < 1.29 is 4.79 Å². The molecule has 17 heavy (non-hydrogen) atoms. The molecule has 0 radical (unpaired) electrons. The van der Waals surface area contributed by atoms with Gasteiger partial charge in [-0.15, -0.1) is 0 Å². The summed E-state index contributed by atoms with van der Waals surface area (Å²) in [6.45, 7) is 6.04. The molecule has 1 aliphatic rings. The van der Waals surface area contributed by atoms with Gasteiger partial charge in [-0.1, -0.05) is 6.07 Å². The quantitative estimate of drug-likeness (QED) is 0.816. The van der Waals surface area contributed by atoms with Gasteiger partial charge in [-0.25, -0.2) is 0 Å². The Hall–Kier alpha value is -1.35. The number of piperidine rings is 1. The van der Waals surface area contributed by atoms with Crippen molar-refractivity contribution >= 4 is 5.91 Å². The number of aryl methyl sites for hydroxylation is 2. The summed E-state index contributed by atoms with van der Waals surface area (Å²) in [5.74, 6) is 0.0433. The average molecular weight is 232 g/mol. The summed E-state index contributed by atoms with van der Waals surface area (Å²) in [5, 5.41) is 6.38. The van der Waals surface area contributed by atoms with Gasteiger partial charge in [0, 0.05) is 18.2 Å². The molecule has 0 bridgehead atoms. The van der Waals surface area contributed by atoms with Gasteiger partial charge in [0.15, 0.2) is 0 Å². The van der Waals surface area contributed by atoms with Gasteiger partial charge in [0.25, 0.3) is 5.91 Å². The van der Waals surface area contributed by atoms with E-state index < -0.39 is 0 Å². The van der Waals surface area contributed by atoms with Crippen molar-refractivity contribution in [2.45, 2.75) is 32.7 Å². The largest absolute Gasteiger partial charge is 0.348 e.